The summed E-state index contributed by atoms with van der Waals surface area (Å²) in [5.41, 5.74) is 0.966. The van der Waals surface area contributed by atoms with E-state index in [0.717, 1.165) is 23.5 Å². The van der Waals surface area contributed by atoms with E-state index in [-0.39, 0.29) is 48.8 Å². The van der Waals surface area contributed by atoms with Crippen LogP contribution in [0.2, 0.25) is 0 Å². The van der Waals surface area contributed by atoms with Crippen LogP contribution in [0.5, 0.6) is 0 Å². The number of thiazole rings is 2. The van der Waals surface area contributed by atoms with E-state index in [1.807, 2.05) is 38.1 Å². The van der Waals surface area contributed by atoms with Gasteiger partial charge in [-0.05, 0) is 45.1 Å². The summed E-state index contributed by atoms with van der Waals surface area (Å²) in [7, 11) is 3.57. The van der Waals surface area contributed by atoms with Gasteiger partial charge in [0.1, 0.15) is 22.8 Å². The summed E-state index contributed by atoms with van der Waals surface area (Å²) in [5.74, 6) is -3.11. The molecule has 3 heterocycles. The molecular weight excluding hydrogens is 685 g/mol. The van der Waals surface area contributed by atoms with Gasteiger partial charge in [0.25, 0.3) is 5.91 Å². The zero-order valence-electron chi connectivity index (χ0n) is 29.8. The fraction of sp³-hybridized carbons (Fsp3) is 0.676. The van der Waals surface area contributed by atoms with Gasteiger partial charge in [0.05, 0.1) is 24.1 Å². The fourth-order valence-electron chi connectivity index (χ4n) is 6.13. The van der Waals surface area contributed by atoms with Crippen molar-refractivity contribution in [3.8, 4) is 0 Å². The molecule has 0 aromatic carbocycles. The van der Waals surface area contributed by atoms with Crippen LogP contribution in [0.3, 0.4) is 0 Å². The second-order valence-electron chi connectivity index (χ2n) is 13.8. The number of nitrogens with one attached hydrogen (secondary N) is 2. The van der Waals surface area contributed by atoms with Crippen molar-refractivity contribution in [2.75, 3.05) is 33.9 Å². The second kappa shape index (κ2) is 17.6. The minimum absolute atomic E-state index is 0.0442. The number of morpholine rings is 1. The molecule has 2 fully saturated rings. The molecule has 16 heteroatoms. The standard InChI is InChI=1S/C34H50N6O8S2/c1-18(2)25(40(7)33(44)29(22-8-9-22)38-31(43)26-15-47-11-10-39(26)6)14-27(48-21(5)41)32-37-24(17-50-32)30(42)36-23(12-19(3)34(45)46)13-28-35-20(4)16-49-28/h16-19,22-23,25-27,29H,8-15H2,1-7H3,(H,36,42)(H,38,43)(H,45,46)/t19-,23+,25+,26+,27+,29-/m0/s1. The maximum absolute atomic E-state index is 14.0. The minimum Gasteiger partial charge on any atom is -0.481 e. The van der Waals surface area contributed by atoms with Gasteiger partial charge >= 0.3 is 11.9 Å². The summed E-state index contributed by atoms with van der Waals surface area (Å²) in [5, 5.41) is 20.1. The smallest absolute Gasteiger partial charge is 0.306 e. The third-order valence-corrected chi connectivity index (χ3v) is 11.2. The van der Waals surface area contributed by atoms with E-state index in [4.69, 9.17) is 9.47 Å². The number of aryl methyl sites for hydroxylation is 1. The normalized spacial score (nSPS) is 19.6. The van der Waals surface area contributed by atoms with Crippen LogP contribution < -0.4 is 10.6 Å². The van der Waals surface area contributed by atoms with E-state index in [1.54, 1.807) is 24.3 Å². The molecule has 1 aliphatic carbocycles. The molecule has 50 heavy (non-hydrogen) atoms. The van der Waals surface area contributed by atoms with Crippen LogP contribution in [0.25, 0.3) is 0 Å². The van der Waals surface area contributed by atoms with Crippen LogP contribution in [0.4, 0.5) is 0 Å². The van der Waals surface area contributed by atoms with Gasteiger partial charge in [0.15, 0.2) is 6.10 Å². The van der Waals surface area contributed by atoms with Crippen LogP contribution in [-0.4, -0.2) is 113 Å². The fourth-order valence-corrected chi connectivity index (χ4v) is 7.82. The Morgan fingerprint density at radius 2 is 1.82 bits per heavy atom. The van der Waals surface area contributed by atoms with Crippen molar-refractivity contribution in [1.29, 1.82) is 0 Å². The summed E-state index contributed by atoms with van der Waals surface area (Å²) in [6, 6.07) is -2.04. The van der Waals surface area contributed by atoms with Crippen molar-refractivity contribution < 1.29 is 38.6 Å². The SMILES string of the molecule is CC(=O)O[C@H](C[C@H](C(C)C)N(C)C(=O)[C@@H](NC(=O)[C@H]1COCCN1C)C1CC1)c1nc(C(=O)N[C@@H](Cc2nc(C)cs2)C[C@H](C)C(=O)O)cs1. The predicted octanol–water partition coefficient (Wildman–Crippen LogP) is 3.06. The lowest BCUT2D eigenvalue weighted by atomic mass is 9.95. The molecule has 1 saturated heterocycles. The van der Waals surface area contributed by atoms with Gasteiger partial charge in [0, 0.05) is 61.9 Å². The molecule has 1 aliphatic heterocycles. The molecule has 0 unspecified atom stereocenters. The number of nitrogens with zero attached hydrogens (tertiary/aromatic N) is 4. The topological polar surface area (TPSA) is 180 Å². The maximum atomic E-state index is 14.0. The summed E-state index contributed by atoms with van der Waals surface area (Å²) in [6.07, 6.45) is 1.64. The number of hydrogen-bond donors (Lipinski definition) is 3. The van der Waals surface area contributed by atoms with Crippen molar-refractivity contribution in [2.45, 2.75) is 97.0 Å². The number of aromatic nitrogens is 2. The van der Waals surface area contributed by atoms with E-state index in [2.05, 4.69) is 20.6 Å². The Bertz CT molecular complexity index is 1510. The number of amides is 3. The summed E-state index contributed by atoms with van der Waals surface area (Å²) < 4.78 is 11.3. The number of esters is 1. The second-order valence-corrected chi connectivity index (χ2v) is 15.6. The molecule has 1 saturated carbocycles. The third kappa shape index (κ3) is 10.8. The highest BCUT2D eigenvalue weighted by Gasteiger charge is 2.42. The summed E-state index contributed by atoms with van der Waals surface area (Å²) in [6.45, 7) is 10.2. The predicted molar refractivity (Wildman–Crippen MR) is 188 cm³/mol. The first-order chi connectivity index (χ1) is 23.6. The minimum atomic E-state index is -0.958. The molecule has 0 bridgehead atoms. The molecule has 276 valence electrons. The average Bonchev–Trinajstić information content (AvgIpc) is 3.62. The van der Waals surface area contributed by atoms with Crippen LogP contribution in [0.1, 0.15) is 85.7 Å². The van der Waals surface area contributed by atoms with Gasteiger partial charge in [-0.15, -0.1) is 22.7 Å². The molecular formula is C34H50N6O8S2. The van der Waals surface area contributed by atoms with Crippen LogP contribution in [-0.2, 0) is 35.1 Å². The average molecular weight is 735 g/mol. The number of carbonyl (C=O) groups excluding carboxylic acids is 4. The van der Waals surface area contributed by atoms with Crippen molar-refractivity contribution in [1.82, 2.24) is 30.4 Å². The molecule has 4 rings (SSSR count). The number of hydrogen-bond acceptors (Lipinski definition) is 12. The van der Waals surface area contributed by atoms with E-state index < -0.39 is 54.0 Å². The van der Waals surface area contributed by atoms with E-state index in [1.165, 1.54) is 29.6 Å². The maximum Gasteiger partial charge on any atom is 0.306 e. The zero-order valence-corrected chi connectivity index (χ0v) is 31.5. The molecule has 0 radical (unpaired) electrons. The van der Waals surface area contributed by atoms with Gasteiger partial charge in [-0.2, -0.15) is 0 Å². The number of carbonyl (C=O) groups is 5. The van der Waals surface area contributed by atoms with Gasteiger partial charge in [-0.25, -0.2) is 9.97 Å². The molecule has 2 aromatic heterocycles. The molecule has 3 amide bonds. The van der Waals surface area contributed by atoms with Gasteiger partial charge in [-0.1, -0.05) is 20.8 Å². The Morgan fingerprint density at radius 1 is 1.10 bits per heavy atom. The Balaban J connectivity index is 1.48. The van der Waals surface area contributed by atoms with Crippen LogP contribution in [0, 0.1) is 24.7 Å². The number of rotatable bonds is 17. The Labute approximate surface area is 301 Å². The lowest BCUT2D eigenvalue weighted by Crippen LogP contribution is -2.58. The van der Waals surface area contributed by atoms with Crippen molar-refractivity contribution in [3.05, 3.63) is 32.2 Å². The first-order valence-corrected chi connectivity index (χ1v) is 18.8. The van der Waals surface area contributed by atoms with E-state index >= 15 is 0 Å². The van der Waals surface area contributed by atoms with E-state index in [0.29, 0.717) is 24.6 Å². The lowest BCUT2D eigenvalue weighted by Gasteiger charge is -2.37. The highest BCUT2D eigenvalue weighted by Crippen LogP contribution is 2.35. The number of likely N-dealkylation sites (N-methyl/N-ethyl adjacent to an activating group) is 2. The quantitative estimate of drug-likeness (QED) is 0.203. The first-order valence-electron chi connectivity index (χ1n) is 17.1. The highest BCUT2D eigenvalue weighted by atomic mass is 32.1. The largest absolute Gasteiger partial charge is 0.481 e. The molecule has 14 nitrogen and oxygen atoms in total. The first kappa shape index (κ1) is 39.3. The lowest BCUT2D eigenvalue weighted by molar-refractivity contribution is -0.149. The van der Waals surface area contributed by atoms with Crippen molar-refractivity contribution in [2.24, 2.45) is 17.8 Å². The van der Waals surface area contributed by atoms with Crippen LogP contribution in [0.15, 0.2) is 10.8 Å². The summed E-state index contributed by atoms with van der Waals surface area (Å²) >= 11 is 2.62. The number of carboxylic acid groups (broad SMARTS) is 1. The van der Waals surface area contributed by atoms with Crippen molar-refractivity contribution >= 4 is 52.3 Å². The number of aliphatic carboxylic acids is 1. The molecule has 0 spiro atoms. The van der Waals surface area contributed by atoms with Crippen LogP contribution >= 0.6 is 22.7 Å². The number of carboxylic acids is 1. The van der Waals surface area contributed by atoms with Gasteiger partial charge in [-0.3, -0.25) is 28.9 Å². The third-order valence-electron chi connectivity index (χ3n) is 9.25. The number of ether oxygens (including phenoxy) is 2. The Morgan fingerprint density at radius 3 is 2.40 bits per heavy atom. The molecule has 6 atom stereocenters. The Kier molecular flexibility index (Phi) is 13.9. The molecule has 2 aromatic rings. The zero-order chi connectivity index (χ0) is 36.7. The Hall–Kier alpha value is -3.47. The highest BCUT2D eigenvalue weighted by molar-refractivity contribution is 7.10. The molecule has 2 aliphatic rings. The summed E-state index contributed by atoms with van der Waals surface area (Å²) in [4.78, 5) is 77.2. The van der Waals surface area contributed by atoms with E-state index in [9.17, 15) is 29.1 Å². The van der Waals surface area contributed by atoms with Gasteiger partial charge < -0.3 is 30.1 Å². The van der Waals surface area contributed by atoms with Crippen molar-refractivity contribution in [3.63, 3.8) is 0 Å². The monoisotopic (exact) mass is 734 g/mol. The molecule has 3 N–H and O–H groups in total. The van der Waals surface area contributed by atoms with Gasteiger partial charge in [0.2, 0.25) is 11.8 Å².